The molecule has 0 spiro atoms. The third-order valence-electron chi connectivity index (χ3n) is 3.56. The number of benzene rings is 1. The highest BCUT2D eigenvalue weighted by Gasteiger charge is 2.39. The zero-order valence-electron chi connectivity index (χ0n) is 15.2. The molecule has 1 aromatic carbocycles. The minimum Gasteiger partial charge on any atom is -0.496 e. The van der Waals surface area contributed by atoms with E-state index in [9.17, 15) is 18.0 Å². The Balaban J connectivity index is 2.89. The molecule has 9 heteroatoms. The Morgan fingerprint density at radius 3 is 2.27 bits per heavy atom. The van der Waals surface area contributed by atoms with Crippen molar-refractivity contribution in [1.29, 1.82) is 0 Å². The highest BCUT2D eigenvalue weighted by Crippen LogP contribution is 2.31. The lowest BCUT2D eigenvalue weighted by Crippen LogP contribution is -2.42. The number of halogens is 3. The van der Waals surface area contributed by atoms with Crippen LogP contribution in [0.5, 0.6) is 11.5 Å². The molecule has 148 valence electrons. The average molecular weight is 395 g/mol. The zero-order chi connectivity index (χ0) is 19.7. The molecule has 0 aliphatic carbocycles. The van der Waals surface area contributed by atoms with Crippen LogP contribution in [0.2, 0.25) is 0 Å². The zero-order valence-corrected chi connectivity index (χ0v) is 16.1. The van der Waals surface area contributed by atoms with Gasteiger partial charge in [-0.1, -0.05) is 0 Å². The first kappa shape index (κ1) is 22.4. The molecular formula is C17H24F3NO4S. The molecule has 0 aromatic heterocycles. The van der Waals surface area contributed by atoms with E-state index in [1.54, 1.807) is 24.9 Å². The smallest absolute Gasteiger partial charge is 0.471 e. The molecule has 0 aliphatic heterocycles. The third-order valence-corrected chi connectivity index (χ3v) is 4.46. The van der Waals surface area contributed by atoms with E-state index in [4.69, 9.17) is 14.2 Å². The fraction of sp³-hybridized carbons (Fsp3) is 0.588. The van der Waals surface area contributed by atoms with Crippen LogP contribution in [0.1, 0.15) is 18.1 Å². The molecule has 0 saturated carbocycles. The van der Waals surface area contributed by atoms with Crippen molar-refractivity contribution in [3.05, 3.63) is 23.3 Å². The first-order valence-electron chi connectivity index (χ1n) is 7.91. The topological polar surface area (TPSA) is 56.8 Å². The normalized spacial score (nSPS) is 12.6. The van der Waals surface area contributed by atoms with Crippen molar-refractivity contribution < 1.29 is 32.2 Å². The number of ether oxygens (including phenoxy) is 3. The first-order valence-corrected chi connectivity index (χ1v) is 9.06. The minimum atomic E-state index is -4.90. The number of thioether (sulfide) groups is 1. The Hall–Kier alpha value is -1.61. The summed E-state index contributed by atoms with van der Waals surface area (Å²) in [5.74, 6) is 0.639. The summed E-state index contributed by atoms with van der Waals surface area (Å²) < 4.78 is 52.9. The summed E-state index contributed by atoms with van der Waals surface area (Å²) in [4.78, 5) is 11.1. The number of alkyl halides is 3. The lowest BCUT2D eigenvalue weighted by Gasteiger charge is -2.19. The molecule has 0 saturated heterocycles. The van der Waals surface area contributed by atoms with Crippen molar-refractivity contribution in [1.82, 2.24) is 5.32 Å². The number of aryl methyl sites for hydroxylation is 1. The molecule has 0 unspecified atom stereocenters. The van der Waals surface area contributed by atoms with E-state index in [1.165, 1.54) is 21.1 Å². The Kier molecular flexibility index (Phi) is 9.07. The summed E-state index contributed by atoms with van der Waals surface area (Å²) in [6.07, 6.45) is -3.99. The Morgan fingerprint density at radius 2 is 1.73 bits per heavy atom. The van der Waals surface area contributed by atoms with Crippen LogP contribution in [0, 0.1) is 0 Å². The Labute approximate surface area is 155 Å². The summed E-state index contributed by atoms with van der Waals surface area (Å²) >= 11 is 1.63. The summed E-state index contributed by atoms with van der Waals surface area (Å²) in [6.45, 7) is 1.50. The second kappa shape index (κ2) is 10.5. The van der Waals surface area contributed by atoms with E-state index < -0.39 is 18.1 Å². The standard InChI is InChI=1S/C17H24F3NO4S/c1-11(21-16(22)17(18,19)20)7-13-9-14(24-3)12(8-15(13)25-4)5-6-26-10-23-2/h8-9,11H,5-7,10H2,1-4H3,(H,21,22)/t11-/m1/s1. The number of rotatable bonds is 10. The second-order valence-corrected chi connectivity index (χ2v) is 6.67. The van der Waals surface area contributed by atoms with Crippen molar-refractivity contribution >= 4 is 17.7 Å². The molecule has 0 fully saturated rings. The molecule has 1 N–H and O–H groups in total. The van der Waals surface area contributed by atoms with Gasteiger partial charge in [0.2, 0.25) is 0 Å². The maximum Gasteiger partial charge on any atom is 0.471 e. The van der Waals surface area contributed by atoms with Gasteiger partial charge in [-0.05, 0) is 48.8 Å². The van der Waals surface area contributed by atoms with Crippen molar-refractivity contribution in [2.75, 3.05) is 33.0 Å². The van der Waals surface area contributed by atoms with Gasteiger partial charge in [-0.2, -0.15) is 13.2 Å². The predicted octanol–water partition coefficient (Wildman–Crippen LogP) is 3.19. The van der Waals surface area contributed by atoms with Crippen LogP contribution < -0.4 is 14.8 Å². The van der Waals surface area contributed by atoms with Gasteiger partial charge in [0, 0.05) is 13.2 Å². The van der Waals surface area contributed by atoms with Gasteiger partial charge in [0.25, 0.3) is 0 Å². The number of hydrogen-bond donors (Lipinski definition) is 1. The average Bonchev–Trinajstić information content (AvgIpc) is 2.58. The molecule has 26 heavy (non-hydrogen) atoms. The third kappa shape index (κ3) is 6.95. The van der Waals surface area contributed by atoms with Gasteiger partial charge in [0.05, 0.1) is 20.2 Å². The van der Waals surface area contributed by atoms with Gasteiger partial charge >= 0.3 is 12.1 Å². The largest absolute Gasteiger partial charge is 0.496 e. The maximum absolute atomic E-state index is 12.4. The molecule has 1 amide bonds. The van der Waals surface area contributed by atoms with Gasteiger partial charge in [0.15, 0.2) is 0 Å². The number of methoxy groups -OCH3 is 3. The van der Waals surface area contributed by atoms with Crippen LogP contribution in [-0.2, 0) is 22.4 Å². The van der Waals surface area contributed by atoms with Crippen LogP contribution in [-0.4, -0.2) is 51.1 Å². The van der Waals surface area contributed by atoms with E-state index in [-0.39, 0.29) is 6.42 Å². The molecule has 5 nitrogen and oxygen atoms in total. The fourth-order valence-electron chi connectivity index (χ4n) is 2.39. The van der Waals surface area contributed by atoms with E-state index in [0.29, 0.717) is 23.0 Å². The number of carbonyl (C=O) groups excluding carboxylic acids is 1. The van der Waals surface area contributed by atoms with E-state index in [0.717, 1.165) is 17.7 Å². The monoisotopic (exact) mass is 395 g/mol. The number of hydrogen-bond acceptors (Lipinski definition) is 5. The van der Waals surface area contributed by atoms with E-state index >= 15 is 0 Å². The van der Waals surface area contributed by atoms with Gasteiger partial charge in [-0.15, -0.1) is 11.8 Å². The van der Waals surface area contributed by atoms with E-state index in [2.05, 4.69) is 0 Å². The van der Waals surface area contributed by atoms with Gasteiger partial charge in [-0.25, -0.2) is 0 Å². The first-order chi connectivity index (χ1) is 12.2. The van der Waals surface area contributed by atoms with E-state index in [1.807, 2.05) is 11.4 Å². The van der Waals surface area contributed by atoms with Crippen LogP contribution in [0.25, 0.3) is 0 Å². The quantitative estimate of drug-likeness (QED) is 0.487. The van der Waals surface area contributed by atoms with Crippen molar-refractivity contribution in [3.8, 4) is 11.5 Å². The SMILES string of the molecule is COCSCCc1cc(OC)c(C[C@@H](C)NC(=O)C(F)(F)F)cc1OC. The summed E-state index contributed by atoms with van der Waals surface area (Å²) in [6, 6.07) is 2.84. The Bertz CT molecular complexity index is 596. The van der Waals surface area contributed by atoms with Gasteiger partial charge < -0.3 is 19.5 Å². The summed E-state index contributed by atoms with van der Waals surface area (Å²) in [7, 11) is 4.66. The van der Waals surface area contributed by atoms with Crippen molar-refractivity contribution in [2.24, 2.45) is 0 Å². The molecule has 1 rings (SSSR count). The van der Waals surface area contributed by atoms with Crippen LogP contribution in [0.4, 0.5) is 13.2 Å². The lowest BCUT2D eigenvalue weighted by atomic mass is 10.0. The highest BCUT2D eigenvalue weighted by atomic mass is 32.2. The summed E-state index contributed by atoms with van der Waals surface area (Å²) in [5.41, 5.74) is 1.59. The molecule has 1 atom stereocenters. The summed E-state index contributed by atoms with van der Waals surface area (Å²) in [5, 5.41) is 1.94. The van der Waals surface area contributed by atoms with Crippen molar-refractivity contribution in [2.45, 2.75) is 32.0 Å². The molecular weight excluding hydrogens is 371 g/mol. The Morgan fingerprint density at radius 1 is 1.15 bits per heavy atom. The molecule has 0 bridgehead atoms. The van der Waals surface area contributed by atoms with Crippen LogP contribution in [0.3, 0.4) is 0 Å². The number of amides is 1. The van der Waals surface area contributed by atoms with Crippen LogP contribution in [0.15, 0.2) is 12.1 Å². The molecule has 0 aliphatic rings. The predicted molar refractivity (Wildman–Crippen MR) is 94.9 cm³/mol. The fourth-order valence-corrected chi connectivity index (χ4v) is 3.04. The molecule has 0 radical (unpaired) electrons. The number of nitrogens with one attached hydrogen (secondary N) is 1. The van der Waals surface area contributed by atoms with Crippen LogP contribution >= 0.6 is 11.8 Å². The maximum atomic E-state index is 12.4. The lowest BCUT2D eigenvalue weighted by molar-refractivity contribution is -0.174. The second-order valence-electron chi connectivity index (χ2n) is 5.62. The molecule has 0 heterocycles. The highest BCUT2D eigenvalue weighted by molar-refractivity contribution is 7.99. The minimum absolute atomic E-state index is 0.181. The van der Waals surface area contributed by atoms with Gasteiger partial charge in [-0.3, -0.25) is 4.79 Å². The van der Waals surface area contributed by atoms with Gasteiger partial charge in [0.1, 0.15) is 11.5 Å². The van der Waals surface area contributed by atoms with Crippen molar-refractivity contribution in [3.63, 3.8) is 0 Å². The molecule has 1 aromatic rings. The number of carbonyl (C=O) groups is 1.